The SMILES string of the molecule is CNCCN(C)c1nccc2c1ncn2C. The Kier molecular flexibility index (Phi) is 3.05. The average Bonchev–Trinajstić information content (AvgIpc) is 2.68. The van der Waals surface area contributed by atoms with Gasteiger partial charge in [0.05, 0.1) is 11.8 Å². The Labute approximate surface area is 95.1 Å². The molecule has 16 heavy (non-hydrogen) atoms. The number of rotatable bonds is 4. The van der Waals surface area contributed by atoms with E-state index in [0.29, 0.717) is 0 Å². The van der Waals surface area contributed by atoms with Gasteiger partial charge in [-0.2, -0.15) is 0 Å². The van der Waals surface area contributed by atoms with Crippen LogP contribution < -0.4 is 10.2 Å². The van der Waals surface area contributed by atoms with Crippen molar-refractivity contribution < 1.29 is 0 Å². The minimum Gasteiger partial charge on any atom is -0.357 e. The summed E-state index contributed by atoms with van der Waals surface area (Å²) in [4.78, 5) is 10.9. The molecule has 1 N–H and O–H groups in total. The maximum Gasteiger partial charge on any atom is 0.156 e. The number of nitrogens with zero attached hydrogens (tertiary/aromatic N) is 4. The number of aromatic nitrogens is 3. The summed E-state index contributed by atoms with van der Waals surface area (Å²) < 4.78 is 2.01. The largest absolute Gasteiger partial charge is 0.357 e. The summed E-state index contributed by atoms with van der Waals surface area (Å²) in [6, 6.07) is 1.98. The maximum atomic E-state index is 4.40. The van der Waals surface area contributed by atoms with Crippen LogP contribution in [0.4, 0.5) is 5.82 Å². The number of nitrogens with one attached hydrogen (secondary N) is 1. The predicted octanol–water partition coefficient (Wildman–Crippen LogP) is 0.624. The molecule has 0 aliphatic carbocycles. The standard InChI is InChI=1S/C11H17N5/c1-12-6-7-15(2)11-10-9(4-5-13-11)16(3)8-14-10/h4-5,8,12H,6-7H2,1-3H3. The molecule has 0 atom stereocenters. The topological polar surface area (TPSA) is 46.0 Å². The fraction of sp³-hybridized carbons (Fsp3) is 0.455. The second-order valence-electron chi connectivity index (χ2n) is 3.88. The average molecular weight is 219 g/mol. The van der Waals surface area contributed by atoms with E-state index in [9.17, 15) is 0 Å². The monoisotopic (exact) mass is 219 g/mol. The highest BCUT2D eigenvalue weighted by Gasteiger charge is 2.10. The lowest BCUT2D eigenvalue weighted by Gasteiger charge is -2.17. The fourth-order valence-electron chi connectivity index (χ4n) is 1.71. The molecule has 0 fully saturated rings. The van der Waals surface area contributed by atoms with Gasteiger partial charge in [0.2, 0.25) is 0 Å². The number of hydrogen-bond donors (Lipinski definition) is 1. The first kappa shape index (κ1) is 10.9. The fourth-order valence-corrected chi connectivity index (χ4v) is 1.71. The van der Waals surface area contributed by atoms with Crippen molar-refractivity contribution in [3.8, 4) is 0 Å². The third kappa shape index (κ3) is 1.86. The van der Waals surface area contributed by atoms with Crippen LogP contribution in [0.3, 0.4) is 0 Å². The van der Waals surface area contributed by atoms with E-state index < -0.39 is 0 Å². The Hall–Kier alpha value is -1.62. The van der Waals surface area contributed by atoms with Gasteiger partial charge in [-0.15, -0.1) is 0 Å². The number of imidazole rings is 1. The number of likely N-dealkylation sites (N-methyl/N-ethyl adjacent to an activating group) is 2. The summed E-state index contributed by atoms with van der Waals surface area (Å²) in [5.74, 6) is 0.938. The summed E-state index contributed by atoms with van der Waals surface area (Å²) in [5.41, 5.74) is 2.07. The van der Waals surface area contributed by atoms with Gasteiger partial charge in [0.1, 0.15) is 5.52 Å². The molecule has 0 bridgehead atoms. The lowest BCUT2D eigenvalue weighted by molar-refractivity contribution is 0.763. The molecule has 0 unspecified atom stereocenters. The van der Waals surface area contributed by atoms with Crippen molar-refractivity contribution in [2.24, 2.45) is 7.05 Å². The van der Waals surface area contributed by atoms with Gasteiger partial charge in [-0.25, -0.2) is 9.97 Å². The van der Waals surface area contributed by atoms with Gasteiger partial charge in [-0.3, -0.25) is 0 Å². The Bertz CT molecular complexity index is 476. The zero-order valence-electron chi connectivity index (χ0n) is 9.94. The Morgan fingerprint density at radius 2 is 2.25 bits per heavy atom. The molecular weight excluding hydrogens is 202 g/mol. The van der Waals surface area contributed by atoms with Crippen molar-refractivity contribution in [1.82, 2.24) is 19.9 Å². The highest BCUT2D eigenvalue weighted by atomic mass is 15.2. The van der Waals surface area contributed by atoms with Gasteiger partial charge in [-0.1, -0.05) is 0 Å². The van der Waals surface area contributed by atoms with Crippen molar-refractivity contribution in [3.63, 3.8) is 0 Å². The molecule has 0 aliphatic rings. The molecular formula is C11H17N5. The number of anilines is 1. The van der Waals surface area contributed by atoms with Crippen LogP contribution in [-0.2, 0) is 7.05 Å². The smallest absolute Gasteiger partial charge is 0.156 e. The van der Waals surface area contributed by atoms with Crippen molar-refractivity contribution in [2.75, 3.05) is 32.1 Å². The molecule has 0 radical (unpaired) electrons. The van der Waals surface area contributed by atoms with Gasteiger partial charge in [-0.05, 0) is 13.1 Å². The van der Waals surface area contributed by atoms with E-state index in [2.05, 4.69) is 20.2 Å². The Morgan fingerprint density at radius 1 is 1.44 bits per heavy atom. The lowest BCUT2D eigenvalue weighted by atomic mass is 10.3. The van der Waals surface area contributed by atoms with E-state index in [1.54, 1.807) is 0 Å². The van der Waals surface area contributed by atoms with Crippen molar-refractivity contribution in [1.29, 1.82) is 0 Å². The highest BCUT2D eigenvalue weighted by Crippen LogP contribution is 2.20. The van der Waals surface area contributed by atoms with Crippen LogP contribution in [0.1, 0.15) is 0 Å². The van der Waals surface area contributed by atoms with E-state index in [1.165, 1.54) is 0 Å². The van der Waals surface area contributed by atoms with Crippen molar-refractivity contribution in [2.45, 2.75) is 0 Å². The maximum absolute atomic E-state index is 4.40. The highest BCUT2D eigenvalue weighted by molar-refractivity contribution is 5.86. The zero-order valence-corrected chi connectivity index (χ0v) is 9.94. The third-order valence-electron chi connectivity index (χ3n) is 2.68. The van der Waals surface area contributed by atoms with Crippen LogP contribution in [0.15, 0.2) is 18.6 Å². The molecule has 0 aliphatic heterocycles. The number of hydrogen-bond acceptors (Lipinski definition) is 4. The molecule has 2 heterocycles. The van der Waals surface area contributed by atoms with Crippen LogP contribution >= 0.6 is 0 Å². The summed E-state index contributed by atoms with van der Waals surface area (Å²) in [6.45, 7) is 1.85. The van der Waals surface area contributed by atoms with Crippen molar-refractivity contribution >= 4 is 16.9 Å². The van der Waals surface area contributed by atoms with E-state index in [4.69, 9.17) is 0 Å². The molecule has 2 aromatic rings. The number of pyridine rings is 1. The summed E-state index contributed by atoms with van der Waals surface area (Å²) in [7, 11) is 5.98. The van der Waals surface area contributed by atoms with Gasteiger partial charge < -0.3 is 14.8 Å². The van der Waals surface area contributed by atoms with Gasteiger partial charge in [0.25, 0.3) is 0 Å². The summed E-state index contributed by atoms with van der Waals surface area (Å²) in [5, 5.41) is 3.13. The van der Waals surface area contributed by atoms with E-state index in [1.807, 2.05) is 44.3 Å². The zero-order chi connectivity index (χ0) is 11.5. The molecule has 86 valence electrons. The quantitative estimate of drug-likeness (QED) is 0.819. The minimum atomic E-state index is 0.916. The molecule has 0 spiro atoms. The normalized spacial score (nSPS) is 10.9. The molecule has 5 nitrogen and oxygen atoms in total. The number of fused-ring (bicyclic) bond motifs is 1. The first-order chi connectivity index (χ1) is 7.74. The molecule has 0 saturated heterocycles. The molecule has 0 saturated carbocycles. The van der Waals surface area contributed by atoms with E-state index in [-0.39, 0.29) is 0 Å². The molecule has 0 aromatic carbocycles. The molecule has 5 heteroatoms. The van der Waals surface area contributed by atoms with Crippen LogP contribution in [-0.4, -0.2) is 41.7 Å². The number of aryl methyl sites for hydroxylation is 1. The molecule has 0 amide bonds. The Balaban J connectivity index is 2.36. The first-order valence-electron chi connectivity index (χ1n) is 5.36. The van der Waals surface area contributed by atoms with Gasteiger partial charge in [0.15, 0.2) is 5.82 Å². The van der Waals surface area contributed by atoms with Crippen molar-refractivity contribution in [3.05, 3.63) is 18.6 Å². The second kappa shape index (κ2) is 4.49. The molecule has 2 aromatic heterocycles. The predicted molar refractivity (Wildman–Crippen MR) is 65.7 cm³/mol. The third-order valence-corrected chi connectivity index (χ3v) is 2.68. The van der Waals surface area contributed by atoms with Gasteiger partial charge in [0, 0.05) is 33.4 Å². The molecule has 2 rings (SSSR count). The lowest BCUT2D eigenvalue weighted by Crippen LogP contribution is -2.27. The van der Waals surface area contributed by atoms with E-state index in [0.717, 1.165) is 29.9 Å². The first-order valence-corrected chi connectivity index (χ1v) is 5.36. The van der Waals surface area contributed by atoms with Crippen LogP contribution in [0, 0.1) is 0 Å². The van der Waals surface area contributed by atoms with Crippen LogP contribution in [0.2, 0.25) is 0 Å². The minimum absolute atomic E-state index is 0.916. The van der Waals surface area contributed by atoms with Crippen LogP contribution in [0.25, 0.3) is 11.0 Å². The van der Waals surface area contributed by atoms with Crippen LogP contribution in [0.5, 0.6) is 0 Å². The second-order valence-corrected chi connectivity index (χ2v) is 3.88. The van der Waals surface area contributed by atoms with E-state index >= 15 is 0 Å². The summed E-state index contributed by atoms with van der Waals surface area (Å²) in [6.07, 6.45) is 3.65. The summed E-state index contributed by atoms with van der Waals surface area (Å²) >= 11 is 0. The Morgan fingerprint density at radius 3 is 3.00 bits per heavy atom. The van der Waals surface area contributed by atoms with Gasteiger partial charge >= 0.3 is 0 Å².